The summed E-state index contributed by atoms with van der Waals surface area (Å²) in [5.74, 6) is 0.0759. The molecule has 2 aliphatic rings. The molecule has 0 radical (unpaired) electrons. The number of nitrogens with zero attached hydrogens (tertiary/aromatic N) is 3. The second-order valence-electron chi connectivity index (χ2n) is 7.14. The minimum Gasteiger partial charge on any atom is -0.486 e. The normalized spacial score (nSPS) is 19.2. The molecule has 0 spiro atoms. The van der Waals surface area contributed by atoms with Gasteiger partial charge in [0, 0.05) is 18.2 Å². The van der Waals surface area contributed by atoms with Crippen molar-refractivity contribution in [2.24, 2.45) is 0 Å². The zero-order valence-electron chi connectivity index (χ0n) is 16.2. The summed E-state index contributed by atoms with van der Waals surface area (Å²) in [5.41, 5.74) is 0.511. The fourth-order valence-electron chi connectivity index (χ4n) is 3.69. The first kappa shape index (κ1) is 19.7. The molecule has 0 bridgehead atoms. The predicted octanol–water partition coefficient (Wildman–Crippen LogP) is 2.07. The highest BCUT2D eigenvalue weighted by Gasteiger charge is 2.32. The van der Waals surface area contributed by atoms with Crippen LogP contribution in [-0.2, 0) is 14.6 Å². The Morgan fingerprint density at radius 3 is 2.76 bits per heavy atom. The number of carbonyl (C=O) groups excluding carboxylic acids is 1. The van der Waals surface area contributed by atoms with E-state index in [-0.39, 0.29) is 11.9 Å². The summed E-state index contributed by atoms with van der Waals surface area (Å²) in [7, 11) is -4.03. The number of fused-ring (bicyclic) bond motifs is 1. The van der Waals surface area contributed by atoms with Crippen molar-refractivity contribution >= 4 is 15.7 Å². The van der Waals surface area contributed by atoms with Gasteiger partial charge in [-0.3, -0.25) is 4.79 Å². The number of sulfone groups is 1. The number of hydrogen-bond acceptors (Lipinski definition) is 8. The van der Waals surface area contributed by atoms with E-state index >= 15 is 0 Å². The molecule has 9 nitrogen and oxygen atoms in total. The van der Waals surface area contributed by atoms with E-state index in [1.54, 1.807) is 23.1 Å². The number of benzene rings is 1. The van der Waals surface area contributed by atoms with E-state index < -0.39 is 26.7 Å². The molecule has 1 unspecified atom stereocenters. The van der Waals surface area contributed by atoms with Gasteiger partial charge in [0.05, 0.1) is 0 Å². The minimum absolute atomic E-state index is 0.0393. The maximum Gasteiger partial charge on any atom is 0.336 e. The van der Waals surface area contributed by atoms with E-state index in [9.17, 15) is 13.2 Å². The molecule has 1 aromatic heterocycles. The van der Waals surface area contributed by atoms with Gasteiger partial charge in [-0.2, -0.15) is 0 Å². The van der Waals surface area contributed by atoms with E-state index in [1.807, 2.05) is 6.92 Å². The van der Waals surface area contributed by atoms with Gasteiger partial charge in [-0.1, -0.05) is 12.0 Å². The van der Waals surface area contributed by atoms with E-state index in [4.69, 9.17) is 13.9 Å². The number of aromatic nitrogens is 2. The third-order valence-corrected chi connectivity index (χ3v) is 6.52. The van der Waals surface area contributed by atoms with Crippen LogP contribution in [0, 0.1) is 0 Å². The Labute approximate surface area is 168 Å². The van der Waals surface area contributed by atoms with E-state index in [0.29, 0.717) is 36.8 Å². The molecular formula is C19H23N3O6S. The number of ether oxygens (including phenoxy) is 2. The lowest BCUT2D eigenvalue weighted by molar-refractivity contribution is -0.132. The molecule has 1 saturated heterocycles. The Bertz CT molecular complexity index is 1000. The van der Waals surface area contributed by atoms with Gasteiger partial charge in [-0.05, 0) is 43.9 Å². The van der Waals surface area contributed by atoms with Crippen molar-refractivity contribution < 1.29 is 27.1 Å². The Morgan fingerprint density at radius 1 is 1.17 bits per heavy atom. The van der Waals surface area contributed by atoms with Crippen molar-refractivity contribution in [1.82, 2.24) is 15.1 Å². The van der Waals surface area contributed by atoms with Crippen LogP contribution in [0.4, 0.5) is 0 Å². The maximum atomic E-state index is 12.7. The zero-order valence-corrected chi connectivity index (χ0v) is 17.0. The van der Waals surface area contributed by atoms with Crippen molar-refractivity contribution in [2.45, 2.75) is 43.9 Å². The van der Waals surface area contributed by atoms with E-state index in [0.717, 1.165) is 25.7 Å². The first-order chi connectivity index (χ1) is 14.0. The lowest BCUT2D eigenvalue weighted by atomic mass is 10.0. The largest absolute Gasteiger partial charge is 0.486 e. The Balaban J connectivity index is 1.51. The van der Waals surface area contributed by atoms with Crippen LogP contribution in [0.3, 0.4) is 0 Å². The van der Waals surface area contributed by atoms with Crippen LogP contribution in [0.5, 0.6) is 11.5 Å². The van der Waals surface area contributed by atoms with Gasteiger partial charge < -0.3 is 18.8 Å². The maximum absolute atomic E-state index is 12.7. The van der Waals surface area contributed by atoms with Crippen molar-refractivity contribution in [3.05, 3.63) is 18.2 Å². The molecule has 0 saturated carbocycles. The lowest BCUT2D eigenvalue weighted by Crippen LogP contribution is -2.45. The minimum atomic E-state index is -4.03. The monoisotopic (exact) mass is 421 g/mol. The van der Waals surface area contributed by atoms with Gasteiger partial charge in [0.25, 0.3) is 0 Å². The fourth-order valence-corrected chi connectivity index (χ4v) is 4.67. The Hall–Kier alpha value is -2.62. The van der Waals surface area contributed by atoms with Crippen LogP contribution >= 0.6 is 0 Å². The van der Waals surface area contributed by atoms with Crippen LogP contribution in [0.2, 0.25) is 0 Å². The topological polar surface area (TPSA) is 112 Å². The molecule has 29 heavy (non-hydrogen) atoms. The molecular weight excluding hydrogens is 398 g/mol. The average molecular weight is 421 g/mol. The van der Waals surface area contributed by atoms with Crippen molar-refractivity contribution in [1.29, 1.82) is 0 Å². The summed E-state index contributed by atoms with van der Waals surface area (Å²) in [6.45, 7) is 3.48. The molecule has 10 heteroatoms. The highest BCUT2D eigenvalue weighted by molar-refractivity contribution is 7.91. The van der Waals surface area contributed by atoms with Crippen molar-refractivity contribution in [3.63, 3.8) is 0 Å². The third kappa shape index (κ3) is 4.07. The van der Waals surface area contributed by atoms with Gasteiger partial charge in [0.2, 0.25) is 21.6 Å². The van der Waals surface area contributed by atoms with Gasteiger partial charge >= 0.3 is 5.22 Å². The van der Waals surface area contributed by atoms with Crippen molar-refractivity contribution in [2.75, 3.05) is 25.5 Å². The average Bonchev–Trinajstić information content (AvgIpc) is 3.24. The summed E-state index contributed by atoms with van der Waals surface area (Å²) >= 11 is 0. The number of rotatable bonds is 5. The number of carbonyl (C=O) groups is 1. The van der Waals surface area contributed by atoms with Crippen LogP contribution in [0.15, 0.2) is 27.8 Å². The summed E-state index contributed by atoms with van der Waals surface area (Å²) < 4.78 is 41.7. The molecule has 2 aliphatic heterocycles. The quantitative estimate of drug-likeness (QED) is 0.721. The number of amides is 1. The molecule has 1 atom stereocenters. The summed E-state index contributed by atoms with van der Waals surface area (Å²) in [6.07, 6.45) is 3.65. The molecule has 4 rings (SSSR count). The second-order valence-corrected chi connectivity index (χ2v) is 9.00. The standard InChI is InChI=1S/C19H23N3O6S/c1-2-14-5-3-4-8-22(14)17(23)12-29(24,25)19-21-20-18(28-19)13-6-7-15-16(11-13)27-10-9-26-15/h6-7,11,14H,2-5,8-10,12H2,1H3. The predicted molar refractivity (Wildman–Crippen MR) is 102 cm³/mol. The first-order valence-corrected chi connectivity index (χ1v) is 11.4. The summed E-state index contributed by atoms with van der Waals surface area (Å²) in [4.78, 5) is 14.3. The number of piperidine rings is 1. The molecule has 3 heterocycles. The van der Waals surface area contributed by atoms with Crippen LogP contribution in [0.25, 0.3) is 11.5 Å². The zero-order chi connectivity index (χ0) is 20.4. The first-order valence-electron chi connectivity index (χ1n) is 9.73. The van der Waals surface area contributed by atoms with E-state index in [2.05, 4.69) is 10.2 Å². The molecule has 0 aliphatic carbocycles. The molecule has 1 amide bonds. The molecule has 156 valence electrons. The summed E-state index contributed by atoms with van der Waals surface area (Å²) in [5, 5.41) is 6.95. The highest BCUT2D eigenvalue weighted by atomic mass is 32.2. The fraction of sp³-hybridized carbons (Fsp3) is 0.526. The molecule has 1 aromatic carbocycles. The van der Waals surface area contributed by atoms with Gasteiger partial charge in [0.1, 0.15) is 19.0 Å². The van der Waals surface area contributed by atoms with Crippen LogP contribution in [0.1, 0.15) is 32.6 Å². The summed E-state index contributed by atoms with van der Waals surface area (Å²) in [6, 6.07) is 5.13. The van der Waals surface area contributed by atoms with Gasteiger partial charge in [-0.15, -0.1) is 5.10 Å². The smallest absolute Gasteiger partial charge is 0.336 e. The van der Waals surface area contributed by atoms with Crippen LogP contribution in [-0.4, -0.2) is 61.0 Å². The van der Waals surface area contributed by atoms with Crippen LogP contribution < -0.4 is 9.47 Å². The Kier molecular flexibility index (Phi) is 5.44. The van der Waals surface area contributed by atoms with Crippen molar-refractivity contribution in [3.8, 4) is 23.0 Å². The SMILES string of the molecule is CCC1CCCCN1C(=O)CS(=O)(=O)c1nnc(-c2ccc3c(c2)OCCO3)o1. The molecule has 1 fully saturated rings. The Morgan fingerprint density at radius 2 is 1.97 bits per heavy atom. The number of likely N-dealkylation sites (tertiary alicyclic amines) is 1. The number of hydrogen-bond donors (Lipinski definition) is 0. The van der Waals surface area contributed by atoms with Gasteiger partial charge in [0.15, 0.2) is 11.5 Å². The second kappa shape index (κ2) is 8.02. The van der Waals surface area contributed by atoms with E-state index in [1.165, 1.54) is 0 Å². The highest BCUT2D eigenvalue weighted by Crippen LogP contribution is 2.34. The molecule has 2 aromatic rings. The molecule has 0 N–H and O–H groups in total. The lowest BCUT2D eigenvalue weighted by Gasteiger charge is -2.35. The third-order valence-electron chi connectivity index (χ3n) is 5.19. The van der Waals surface area contributed by atoms with Gasteiger partial charge in [-0.25, -0.2) is 8.42 Å².